The molecule has 0 saturated carbocycles. The van der Waals surface area contributed by atoms with Crippen LogP contribution in [0.4, 0.5) is 11.6 Å². The van der Waals surface area contributed by atoms with Gasteiger partial charge in [0.15, 0.2) is 0 Å². The molecule has 8 nitrogen and oxygen atoms in total. The van der Waals surface area contributed by atoms with Gasteiger partial charge in [-0.15, -0.1) is 0 Å². The summed E-state index contributed by atoms with van der Waals surface area (Å²) in [7, 11) is 0. The first-order valence-electron chi connectivity index (χ1n) is 12.4. The molecule has 0 radical (unpaired) electrons. The third kappa shape index (κ3) is 6.63. The number of rotatable bonds is 8. The molecule has 1 aromatic heterocycles. The predicted molar refractivity (Wildman–Crippen MR) is 141 cm³/mol. The Balaban J connectivity index is 1.60. The van der Waals surface area contributed by atoms with Gasteiger partial charge in [-0.3, -0.25) is 14.2 Å². The lowest BCUT2D eigenvalue weighted by Gasteiger charge is -2.26. The number of anilines is 2. The van der Waals surface area contributed by atoms with Crippen LogP contribution in [-0.4, -0.2) is 40.9 Å². The maximum Gasteiger partial charge on any atom is 0.279 e. The molecule has 1 aliphatic carbocycles. The molecule has 9 heteroatoms. The molecule has 1 aliphatic heterocycles. The summed E-state index contributed by atoms with van der Waals surface area (Å²) in [6.07, 6.45) is 8.82. The fourth-order valence-electron chi connectivity index (χ4n) is 4.29. The largest absolute Gasteiger partial charge is 0.381 e. The summed E-state index contributed by atoms with van der Waals surface area (Å²) in [4.78, 5) is 30.8. The molecule has 1 aromatic carbocycles. The minimum atomic E-state index is -0.336. The van der Waals surface area contributed by atoms with Gasteiger partial charge in [-0.05, 0) is 50.5 Å². The highest BCUT2D eigenvalue weighted by atomic mass is 35.5. The summed E-state index contributed by atoms with van der Waals surface area (Å²) < 4.78 is 12.8. The highest BCUT2D eigenvalue weighted by Gasteiger charge is 2.24. The number of hydrogen-bond donors (Lipinski definition) is 2. The van der Waals surface area contributed by atoms with Crippen LogP contribution < -0.4 is 16.2 Å². The Hall–Kier alpha value is -2.94. The SMILES string of the molecule is CC(C)OC1C=CC(Nc2ncc(NC(=O)C3CCOCC3)c(=O)n2Cc2ccc(Cl)cc2)=CC1C. The number of amides is 1. The van der Waals surface area contributed by atoms with E-state index in [1.807, 2.05) is 38.1 Å². The third-order valence-electron chi connectivity index (χ3n) is 6.26. The molecule has 4 rings (SSSR count). The molecule has 192 valence electrons. The first-order chi connectivity index (χ1) is 17.3. The van der Waals surface area contributed by atoms with E-state index in [-0.39, 0.29) is 47.7 Å². The summed E-state index contributed by atoms with van der Waals surface area (Å²) in [5, 5.41) is 6.69. The van der Waals surface area contributed by atoms with Gasteiger partial charge in [-0.1, -0.05) is 42.8 Å². The van der Waals surface area contributed by atoms with Crippen LogP contribution in [0.25, 0.3) is 0 Å². The predicted octanol–water partition coefficient (Wildman–Crippen LogP) is 4.61. The first kappa shape index (κ1) is 26.1. The van der Waals surface area contributed by atoms with Crippen molar-refractivity contribution in [2.75, 3.05) is 23.8 Å². The molecule has 0 bridgehead atoms. The second kappa shape index (κ2) is 11.9. The number of carbonyl (C=O) groups excluding carboxylic acids is 1. The first-order valence-corrected chi connectivity index (χ1v) is 12.7. The van der Waals surface area contributed by atoms with Gasteiger partial charge in [0.05, 0.1) is 24.9 Å². The molecule has 2 aliphatic rings. The zero-order valence-electron chi connectivity index (χ0n) is 20.9. The van der Waals surface area contributed by atoms with Gasteiger partial charge in [0.2, 0.25) is 11.9 Å². The van der Waals surface area contributed by atoms with E-state index in [1.54, 1.807) is 12.1 Å². The van der Waals surface area contributed by atoms with E-state index in [9.17, 15) is 9.59 Å². The molecule has 2 atom stereocenters. The lowest BCUT2D eigenvalue weighted by Crippen LogP contribution is -2.33. The van der Waals surface area contributed by atoms with Crippen molar-refractivity contribution in [1.29, 1.82) is 0 Å². The van der Waals surface area contributed by atoms with E-state index in [0.717, 1.165) is 11.3 Å². The summed E-state index contributed by atoms with van der Waals surface area (Å²) >= 11 is 6.04. The third-order valence-corrected chi connectivity index (χ3v) is 6.51. The van der Waals surface area contributed by atoms with E-state index >= 15 is 0 Å². The zero-order valence-corrected chi connectivity index (χ0v) is 21.6. The molecule has 1 saturated heterocycles. The maximum absolute atomic E-state index is 13.5. The lowest BCUT2D eigenvalue weighted by molar-refractivity contribution is -0.122. The number of allylic oxidation sites excluding steroid dienone is 1. The van der Waals surface area contributed by atoms with E-state index in [4.69, 9.17) is 21.1 Å². The van der Waals surface area contributed by atoms with E-state index in [2.05, 4.69) is 28.6 Å². The summed E-state index contributed by atoms with van der Waals surface area (Å²) in [6.45, 7) is 7.47. The smallest absolute Gasteiger partial charge is 0.279 e. The van der Waals surface area contributed by atoms with Crippen molar-refractivity contribution in [3.05, 3.63) is 75.3 Å². The molecule has 1 amide bonds. The molecule has 2 N–H and O–H groups in total. The van der Waals surface area contributed by atoms with Crippen LogP contribution in [0.3, 0.4) is 0 Å². The average molecular weight is 513 g/mol. The number of carbonyl (C=O) groups is 1. The fourth-order valence-corrected chi connectivity index (χ4v) is 4.42. The normalized spacial score (nSPS) is 20.3. The second-order valence-electron chi connectivity index (χ2n) is 9.50. The number of halogens is 1. The van der Waals surface area contributed by atoms with Crippen LogP contribution in [0.15, 0.2) is 59.2 Å². The molecule has 1 fully saturated rings. The van der Waals surface area contributed by atoms with Crippen molar-refractivity contribution in [2.45, 2.75) is 52.4 Å². The number of aromatic nitrogens is 2. The number of benzene rings is 1. The Morgan fingerprint density at radius 2 is 1.97 bits per heavy atom. The van der Waals surface area contributed by atoms with Gasteiger partial charge in [0.1, 0.15) is 5.69 Å². The van der Waals surface area contributed by atoms with E-state index in [1.165, 1.54) is 10.8 Å². The van der Waals surface area contributed by atoms with Gasteiger partial charge < -0.3 is 20.1 Å². The van der Waals surface area contributed by atoms with Crippen molar-refractivity contribution < 1.29 is 14.3 Å². The molecular formula is C27H33ClN4O4. The van der Waals surface area contributed by atoms with Gasteiger partial charge in [-0.25, -0.2) is 4.98 Å². The van der Waals surface area contributed by atoms with Crippen LogP contribution in [0.5, 0.6) is 0 Å². The van der Waals surface area contributed by atoms with Crippen molar-refractivity contribution in [3.63, 3.8) is 0 Å². The highest BCUT2D eigenvalue weighted by molar-refractivity contribution is 6.30. The second-order valence-corrected chi connectivity index (χ2v) is 9.94. The van der Waals surface area contributed by atoms with Gasteiger partial charge in [0.25, 0.3) is 5.56 Å². The molecule has 2 aromatic rings. The Morgan fingerprint density at radius 1 is 1.25 bits per heavy atom. The lowest BCUT2D eigenvalue weighted by atomic mass is 9.98. The number of nitrogens with zero attached hydrogens (tertiary/aromatic N) is 2. The molecule has 0 spiro atoms. The minimum absolute atomic E-state index is 0.0115. The van der Waals surface area contributed by atoms with Crippen molar-refractivity contribution in [2.24, 2.45) is 11.8 Å². The van der Waals surface area contributed by atoms with Crippen LogP contribution in [0.1, 0.15) is 39.2 Å². The van der Waals surface area contributed by atoms with Gasteiger partial charge in [0, 0.05) is 35.8 Å². The van der Waals surface area contributed by atoms with Gasteiger partial charge >= 0.3 is 0 Å². The highest BCUT2D eigenvalue weighted by Crippen LogP contribution is 2.23. The van der Waals surface area contributed by atoms with E-state index in [0.29, 0.717) is 37.0 Å². The standard InChI is InChI=1S/C27H33ClN4O4/c1-17(2)36-24-9-8-22(14-18(24)3)30-27-29-15-23(31-25(33)20-10-12-35-13-11-20)26(34)32(27)16-19-4-6-21(28)7-5-19/h4-9,14-15,17-18,20,24H,10-13,16H2,1-3H3,(H,29,30)(H,31,33). The summed E-state index contributed by atoms with van der Waals surface area (Å²) in [5.41, 5.74) is 1.52. The molecular weight excluding hydrogens is 480 g/mol. The van der Waals surface area contributed by atoms with Crippen molar-refractivity contribution in [1.82, 2.24) is 9.55 Å². The number of hydrogen-bond acceptors (Lipinski definition) is 6. The van der Waals surface area contributed by atoms with Gasteiger partial charge in [-0.2, -0.15) is 0 Å². The number of nitrogens with one attached hydrogen (secondary N) is 2. The van der Waals surface area contributed by atoms with Crippen molar-refractivity contribution >= 4 is 29.1 Å². The zero-order chi connectivity index (χ0) is 25.7. The quantitative estimate of drug-likeness (QED) is 0.536. The Labute approximate surface area is 216 Å². The fraction of sp³-hybridized carbons (Fsp3) is 0.444. The molecule has 36 heavy (non-hydrogen) atoms. The van der Waals surface area contributed by atoms with Crippen LogP contribution in [-0.2, 0) is 20.8 Å². The molecule has 2 unspecified atom stereocenters. The van der Waals surface area contributed by atoms with Crippen LogP contribution in [0, 0.1) is 11.8 Å². The minimum Gasteiger partial charge on any atom is -0.381 e. The molecule has 2 heterocycles. The Morgan fingerprint density at radius 3 is 2.64 bits per heavy atom. The average Bonchev–Trinajstić information content (AvgIpc) is 2.86. The monoisotopic (exact) mass is 512 g/mol. The van der Waals surface area contributed by atoms with Crippen LogP contribution >= 0.6 is 11.6 Å². The number of ether oxygens (including phenoxy) is 2. The topological polar surface area (TPSA) is 94.5 Å². The Kier molecular flexibility index (Phi) is 8.61. The van der Waals surface area contributed by atoms with Crippen LogP contribution in [0.2, 0.25) is 5.02 Å². The summed E-state index contributed by atoms with van der Waals surface area (Å²) in [5.74, 6) is 0.166. The summed E-state index contributed by atoms with van der Waals surface area (Å²) in [6, 6.07) is 7.29. The van der Waals surface area contributed by atoms with Crippen molar-refractivity contribution in [3.8, 4) is 0 Å². The maximum atomic E-state index is 13.5. The Bertz CT molecular complexity index is 1180. The van der Waals surface area contributed by atoms with E-state index < -0.39 is 0 Å².